The predicted molar refractivity (Wildman–Crippen MR) is 130 cm³/mol. The smallest absolute Gasteiger partial charge is 0.255 e. The summed E-state index contributed by atoms with van der Waals surface area (Å²) in [6, 6.07) is 20.4. The average Bonchev–Trinajstić information content (AvgIpc) is 2.86. The van der Waals surface area contributed by atoms with Gasteiger partial charge in [0.25, 0.3) is 11.8 Å². The van der Waals surface area contributed by atoms with Crippen LogP contribution >= 0.6 is 0 Å². The van der Waals surface area contributed by atoms with E-state index in [1.54, 1.807) is 42.5 Å². The van der Waals surface area contributed by atoms with Crippen molar-refractivity contribution in [2.24, 2.45) is 5.92 Å². The minimum atomic E-state index is -0.681. The zero-order valence-electron chi connectivity index (χ0n) is 19.2. The molecule has 0 heterocycles. The maximum atomic E-state index is 13.1. The van der Waals surface area contributed by atoms with Gasteiger partial charge >= 0.3 is 0 Å². The van der Waals surface area contributed by atoms with Crippen LogP contribution in [0.1, 0.15) is 46.5 Å². The number of amides is 3. The van der Waals surface area contributed by atoms with Crippen LogP contribution in [0.3, 0.4) is 0 Å². The van der Waals surface area contributed by atoms with Crippen molar-refractivity contribution in [1.82, 2.24) is 10.6 Å². The Hall–Kier alpha value is -4.00. The summed E-state index contributed by atoms with van der Waals surface area (Å²) in [7, 11) is 0. The SMILES string of the molecule is CCC(C)C(NC(=O)c1ccccc1)C(=O)NCc1cccc(NC(=O)c2ccc(F)cc2)c1. The predicted octanol–water partition coefficient (Wildman–Crippen LogP) is 4.54. The second kappa shape index (κ2) is 11.7. The Balaban J connectivity index is 1.62. The summed E-state index contributed by atoms with van der Waals surface area (Å²) in [6.07, 6.45) is 0.720. The van der Waals surface area contributed by atoms with Crippen molar-refractivity contribution in [3.05, 3.63) is 101 Å². The van der Waals surface area contributed by atoms with Crippen molar-refractivity contribution in [2.45, 2.75) is 32.9 Å². The molecule has 0 radical (unpaired) electrons. The van der Waals surface area contributed by atoms with E-state index in [9.17, 15) is 18.8 Å². The first-order chi connectivity index (χ1) is 16.4. The zero-order valence-corrected chi connectivity index (χ0v) is 19.2. The topological polar surface area (TPSA) is 87.3 Å². The number of halogens is 1. The van der Waals surface area contributed by atoms with Crippen molar-refractivity contribution in [1.29, 1.82) is 0 Å². The Morgan fingerprint density at radius 1 is 0.853 bits per heavy atom. The summed E-state index contributed by atoms with van der Waals surface area (Å²) in [5.41, 5.74) is 2.17. The van der Waals surface area contributed by atoms with E-state index in [-0.39, 0.29) is 30.2 Å². The van der Waals surface area contributed by atoms with E-state index < -0.39 is 11.9 Å². The van der Waals surface area contributed by atoms with Crippen molar-refractivity contribution < 1.29 is 18.8 Å². The van der Waals surface area contributed by atoms with E-state index in [4.69, 9.17) is 0 Å². The molecule has 0 aliphatic rings. The lowest BCUT2D eigenvalue weighted by Gasteiger charge is -2.23. The van der Waals surface area contributed by atoms with Gasteiger partial charge in [0.05, 0.1) is 0 Å². The summed E-state index contributed by atoms with van der Waals surface area (Å²) in [6.45, 7) is 4.11. The molecule has 2 unspecified atom stereocenters. The molecular formula is C27H28FN3O3. The van der Waals surface area contributed by atoms with Gasteiger partial charge in [0.2, 0.25) is 5.91 Å². The summed E-state index contributed by atoms with van der Waals surface area (Å²) in [5, 5.41) is 8.50. The van der Waals surface area contributed by atoms with E-state index in [2.05, 4.69) is 16.0 Å². The largest absolute Gasteiger partial charge is 0.350 e. The average molecular weight is 462 g/mol. The number of rotatable bonds is 9. The number of benzene rings is 3. The number of nitrogens with one attached hydrogen (secondary N) is 3. The summed E-state index contributed by atoms with van der Waals surface area (Å²) in [5.74, 6) is -1.41. The maximum Gasteiger partial charge on any atom is 0.255 e. The molecule has 7 heteroatoms. The van der Waals surface area contributed by atoms with Gasteiger partial charge in [-0.3, -0.25) is 14.4 Å². The molecule has 3 rings (SSSR count). The lowest BCUT2D eigenvalue weighted by Crippen LogP contribution is -2.50. The molecule has 3 aromatic carbocycles. The molecule has 0 saturated heterocycles. The highest BCUT2D eigenvalue weighted by Crippen LogP contribution is 2.14. The van der Waals surface area contributed by atoms with Gasteiger partial charge in [-0.05, 0) is 60.0 Å². The van der Waals surface area contributed by atoms with Gasteiger partial charge < -0.3 is 16.0 Å². The van der Waals surface area contributed by atoms with Crippen molar-refractivity contribution >= 4 is 23.4 Å². The number of hydrogen-bond donors (Lipinski definition) is 3. The van der Waals surface area contributed by atoms with Gasteiger partial charge in [-0.25, -0.2) is 4.39 Å². The molecule has 0 fully saturated rings. The van der Waals surface area contributed by atoms with Crippen LogP contribution in [0, 0.1) is 11.7 Å². The van der Waals surface area contributed by atoms with Gasteiger partial charge in [0, 0.05) is 23.4 Å². The molecule has 3 amide bonds. The number of carbonyl (C=O) groups excluding carboxylic acids is 3. The van der Waals surface area contributed by atoms with Crippen LogP contribution < -0.4 is 16.0 Å². The summed E-state index contributed by atoms with van der Waals surface area (Å²) in [4.78, 5) is 37.9. The zero-order chi connectivity index (χ0) is 24.5. The molecule has 0 aromatic heterocycles. The fraction of sp³-hybridized carbons (Fsp3) is 0.222. The van der Waals surface area contributed by atoms with E-state index in [1.807, 2.05) is 26.0 Å². The Labute approximate surface area is 198 Å². The van der Waals surface area contributed by atoms with Crippen LogP contribution in [0.2, 0.25) is 0 Å². The van der Waals surface area contributed by atoms with E-state index >= 15 is 0 Å². The maximum absolute atomic E-state index is 13.1. The molecular weight excluding hydrogens is 433 g/mol. The number of hydrogen-bond acceptors (Lipinski definition) is 3. The first-order valence-corrected chi connectivity index (χ1v) is 11.2. The summed E-state index contributed by atoms with van der Waals surface area (Å²) >= 11 is 0. The van der Waals surface area contributed by atoms with E-state index in [0.29, 0.717) is 16.8 Å². The highest BCUT2D eigenvalue weighted by atomic mass is 19.1. The molecule has 6 nitrogen and oxygen atoms in total. The fourth-order valence-corrected chi connectivity index (χ4v) is 3.38. The number of anilines is 1. The van der Waals surface area contributed by atoms with Crippen LogP contribution in [-0.2, 0) is 11.3 Å². The quantitative estimate of drug-likeness (QED) is 0.437. The van der Waals surface area contributed by atoms with E-state index in [0.717, 1.165) is 12.0 Å². The Morgan fingerprint density at radius 2 is 1.53 bits per heavy atom. The second-order valence-electron chi connectivity index (χ2n) is 8.08. The third-order valence-electron chi connectivity index (χ3n) is 5.58. The Morgan fingerprint density at radius 3 is 2.21 bits per heavy atom. The molecule has 3 N–H and O–H groups in total. The molecule has 34 heavy (non-hydrogen) atoms. The highest BCUT2D eigenvalue weighted by molar-refractivity contribution is 6.04. The van der Waals surface area contributed by atoms with Crippen LogP contribution in [0.25, 0.3) is 0 Å². The van der Waals surface area contributed by atoms with Crippen LogP contribution in [-0.4, -0.2) is 23.8 Å². The third kappa shape index (κ3) is 6.75. The molecule has 0 aliphatic carbocycles. The van der Waals surface area contributed by atoms with Crippen LogP contribution in [0.15, 0.2) is 78.9 Å². The second-order valence-corrected chi connectivity index (χ2v) is 8.08. The molecule has 0 aliphatic heterocycles. The molecule has 0 spiro atoms. The molecule has 176 valence electrons. The Kier molecular flexibility index (Phi) is 8.51. The third-order valence-corrected chi connectivity index (χ3v) is 5.58. The van der Waals surface area contributed by atoms with Gasteiger partial charge in [0.1, 0.15) is 11.9 Å². The molecule has 0 saturated carbocycles. The normalized spacial score (nSPS) is 12.3. The van der Waals surface area contributed by atoms with Gasteiger partial charge in [-0.1, -0.05) is 50.6 Å². The Bertz CT molecular complexity index is 1130. The van der Waals surface area contributed by atoms with Gasteiger partial charge in [0.15, 0.2) is 0 Å². The monoisotopic (exact) mass is 461 g/mol. The highest BCUT2D eigenvalue weighted by Gasteiger charge is 2.26. The molecule has 0 bridgehead atoms. The standard InChI is InChI=1S/C27H28FN3O3/c1-3-18(2)24(31-26(33)20-9-5-4-6-10-20)27(34)29-17-19-8-7-11-23(16-19)30-25(32)21-12-14-22(28)15-13-21/h4-16,18,24H,3,17H2,1-2H3,(H,29,34)(H,30,32)(H,31,33). The van der Waals surface area contributed by atoms with Crippen molar-refractivity contribution in [3.63, 3.8) is 0 Å². The lowest BCUT2D eigenvalue weighted by molar-refractivity contribution is -0.124. The van der Waals surface area contributed by atoms with Crippen molar-refractivity contribution in [2.75, 3.05) is 5.32 Å². The first kappa shape index (κ1) is 24.6. The molecule has 3 aromatic rings. The van der Waals surface area contributed by atoms with Gasteiger partial charge in [-0.2, -0.15) is 0 Å². The van der Waals surface area contributed by atoms with Crippen molar-refractivity contribution in [3.8, 4) is 0 Å². The minimum absolute atomic E-state index is 0.0611. The van der Waals surface area contributed by atoms with Gasteiger partial charge in [-0.15, -0.1) is 0 Å². The van der Waals surface area contributed by atoms with Crippen LogP contribution in [0.5, 0.6) is 0 Å². The first-order valence-electron chi connectivity index (χ1n) is 11.2. The lowest BCUT2D eigenvalue weighted by atomic mass is 9.97. The number of carbonyl (C=O) groups is 3. The van der Waals surface area contributed by atoms with Crippen LogP contribution in [0.4, 0.5) is 10.1 Å². The molecule has 2 atom stereocenters. The summed E-state index contributed by atoms with van der Waals surface area (Å²) < 4.78 is 13.1. The fourth-order valence-electron chi connectivity index (χ4n) is 3.38. The van der Waals surface area contributed by atoms with E-state index in [1.165, 1.54) is 24.3 Å². The minimum Gasteiger partial charge on any atom is -0.350 e.